The lowest BCUT2D eigenvalue weighted by molar-refractivity contribution is 0.0991. The number of pyridine rings is 1. The van der Waals surface area contributed by atoms with E-state index in [2.05, 4.69) is 6.07 Å². The minimum absolute atomic E-state index is 0.0133. The van der Waals surface area contributed by atoms with Gasteiger partial charge in [-0.05, 0) is 56.2 Å². The van der Waals surface area contributed by atoms with Crippen molar-refractivity contribution in [3.05, 3.63) is 90.0 Å². The highest BCUT2D eigenvalue weighted by Gasteiger charge is 2.27. The molecule has 0 radical (unpaired) electrons. The van der Waals surface area contributed by atoms with E-state index in [0.29, 0.717) is 12.1 Å². The molecule has 31 heavy (non-hydrogen) atoms. The number of hydrogen-bond acceptors (Lipinski definition) is 3. The number of carbonyl (C=O) groups excluding carboxylic acids is 1. The van der Waals surface area contributed by atoms with Crippen molar-refractivity contribution in [2.45, 2.75) is 26.4 Å². The minimum atomic E-state index is 0.0133. The third kappa shape index (κ3) is 3.66. The maximum absolute atomic E-state index is 13.7. The van der Waals surface area contributed by atoms with Crippen molar-refractivity contribution in [3.63, 3.8) is 0 Å². The van der Waals surface area contributed by atoms with Crippen LogP contribution in [0.3, 0.4) is 0 Å². The average molecular weight is 409 g/mol. The highest BCUT2D eigenvalue weighted by molar-refractivity contribution is 6.15. The van der Waals surface area contributed by atoms with Gasteiger partial charge in [0, 0.05) is 23.2 Å². The number of hydrogen-bond donors (Lipinski definition) is 0. The normalized spacial score (nSPS) is 12.9. The van der Waals surface area contributed by atoms with E-state index in [9.17, 15) is 4.79 Å². The van der Waals surface area contributed by atoms with E-state index in [1.54, 1.807) is 0 Å². The molecule has 0 N–H and O–H groups in total. The Balaban J connectivity index is 1.62. The minimum Gasteiger partial charge on any atom is -0.491 e. The molecule has 1 aliphatic rings. The number of nitrogens with zero attached hydrogens (tertiary/aromatic N) is 2. The molecular weight excluding hydrogens is 384 g/mol. The number of benzene rings is 3. The van der Waals surface area contributed by atoms with Gasteiger partial charge in [0.2, 0.25) is 0 Å². The van der Waals surface area contributed by atoms with Gasteiger partial charge in [-0.3, -0.25) is 4.79 Å². The van der Waals surface area contributed by atoms with Crippen LogP contribution in [0.15, 0.2) is 78.9 Å². The molecule has 1 aromatic heterocycles. The van der Waals surface area contributed by atoms with Crippen LogP contribution in [0.1, 0.15) is 29.8 Å². The number of ether oxygens (including phenoxy) is 1. The molecule has 0 saturated carbocycles. The summed E-state index contributed by atoms with van der Waals surface area (Å²) in [6.07, 6.45) is 0.971. The lowest BCUT2D eigenvalue weighted by atomic mass is 10.0. The summed E-state index contributed by atoms with van der Waals surface area (Å²) in [5.41, 5.74) is 5.40. The third-order valence-corrected chi connectivity index (χ3v) is 5.58. The zero-order valence-corrected chi connectivity index (χ0v) is 17.7. The Morgan fingerprint density at radius 3 is 2.65 bits per heavy atom. The maximum Gasteiger partial charge on any atom is 0.259 e. The van der Waals surface area contributed by atoms with Crippen LogP contribution in [0.5, 0.6) is 5.75 Å². The van der Waals surface area contributed by atoms with Crippen molar-refractivity contribution < 1.29 is 9.53 Å². The standard InChI is InChI=1S/C27H24N2O2/c1-18(2)31-21-10-7-9-20(16-21)25-17-23(22-11-4-5-12-24(22)28-25)27(30)29-15-14-19-8-3-6-13-26(19)29/h3-13,16-18H,14-15H2,1-2H3. The van der Waals surface area contributed by atoms with Crippen LogP contribution >= 0.6 is 0 Å². The topological polar surface area (TPSA) is 42.4 Å². The van der Waals surface area contributed by atoms with Gasteiger partial charge in [0.1, 0.15) is 5.75 Å². The summed E-state index contributed by atoms with van der Waals surface area (Å²) in [6.45, 7) is 4.71. The first-order chi connectivity index (χ1) is 15.1. The van der Waals surface area contributed by atoms with Gasteiger partial charge in [0.15, 0.2) is 0 Å². The zero-order valence-electron chi connectivity index (χ0n) is 17.7. The highest BCUT2D eigenvalue weighted by atomic mass is 16.5. The second-order valence-electron chi connectivity index (χ2n) is 8.10. The Bertz CT molecular complexity index is 1280. The zero-order chi connectivity index (χ0) is 21.4. The van der Waals surface area contributed by atoms with Crippen LogP contribution in [-0.4, -0.2) is 23.5 Å². The van der Waals surface area contributed by atoms with E-state index >= 15 is 0 Å². The molecule has 4 nitrogen and oxygen atoms in total. The maximum atomic E-state index is 13.7. The first kappa shape index (κ1) is 19.3. The summed E-state index contributed by atoms with van der Waals surface area (Å²) in [7, 11) is 0. The smallest absolute Gasteiger partial charge is 0.259 e. The summed E-state index contributed by atoms with van der Waals surface area (Å²) in [5, 5.41) is 0.871. The predicted octanol–water partition coefficient (Wildman–Crippen LogP) is 5.89. The fraction of sp³-hybridized carbons (Fsp3) is 0.185. The summed E-state index contributed by atoms with van der Waals surface area (Å²) >= 11 is 0. The summed E-state index contributed by atoms with van der Waals surface area (Å²) in [4.78, 5) is 20.4. The molecule has 0 aliphatic carbocycles. The molecule has 3 aromatic carbocycles. The summed E-state index contributed by atoms with van der Waals surface area (Å²) in [6, 6.07) is 25.8. The average Bonchev–Trinajstić information content (AvgIpc) is 3.22. The Morgan fingerprint density at radius 1 is 0.968 bits per heavy atom. The van der Waals surface area contributed by atoms with Crippen LogP contribution in [0.2, 0.25) is 0 Å². The van der Waals surface area contributed by atoms with Crippen molar-refractivity contribution in [2.75, 3.05) is 11.4 Å². The van der Waals surface area contributed by atoms with Gasteiger partial charge >= 0.3 is 0 Å². The quantitative estimate of drug-likeness (QED) is 0.423. The fourth-order valence-electron chi connectivity index (χ4n) is 4.20. The molecule has 0 saturated heterocycles. The van der Waals surface area contributed by atoms with Gasteiger partial charge in [0.25, 0.3) is 5.91 Å². The monoisotopic (exact) mass is 408 g/mol. The number of aromatic nitrogens is 1. The molecule has 2 heterocycles. The van der Waals surface area contributed by atoms with E-state index in [-0.39, 0.29) is 12.0 Å². The predicted molar refractivity (Wildman–Crippen MR) is 125 cm³/mol. The highest BCUT2D eigenvalue weighted by Crippen LogP contribution is 2.32. The van der Waals surface area contributed by atoms with Crippen LogP contribution in [0.4, 0.5) is 5.69 Å². The summed E-state index contributed by atoms with van der Waals surface area (Å²) in [5.74, 6) is 0.809. The Kier molecular flexibility index (Phi) is 4.91. The van der Waals surface area contributed by atoms with Crippen LogP contribution in [-0.2, 0) is 6.42 Å². The van der Waals surface area contributed by atoms with Gasteiger partial charge in [-0.15, -0.1) is 0 Å². The van der Waals surface area contributed by atoms with Crippen molar-refractivity contribution >= 4 is 22.5 Å². The Hall–Kier alpha value is -3.66. The molecule has 1 amide bonds. The lowest BCUT2D eigenvalue weighted by Crippen LogP contribution is -2.29. The van der Waals surface area contributed by atoms with Crippen molar-refractivity contribution in [3.8, 4) is 17.0 Å². The fourth-order valence-corrected chi connectivity index (χ4v) is 4.20. The number of anilines is 1. The van der Waals surface area contributed by atoms with Crippen LogP contribution in [0, 0.1) is 0 Å². The molecule has 0 fully saturated rings. The molecule has 0 unspecified atom stereocenters. The van der Waals surface area contributed by atoms with Gasteiger partial charge in [-0.25, -0.2) is 4.98 Å². The van der Waals surface area contributed by atoms with Crippen molar-refractivity contribution in [2.24, 2.45) is 0 Å². The second kappa shape index (κ2) is 7.88. The lowest BCUT2D eigenvalue weighted by Gasteiger charge is -2.19. The Labute approximate surface area is 182 Å². The molecule has 1 aliphatic heterocycles. The second-order valence-corrected chi connectivity index (χ2v) is 8.10. The van der Waals surface area contributed by atoms with E-state index in [0.717, 1.165) is 40.0 Å². The summed E-state index contributed by atoms with van der Waals surface area (Å²) < 4.78 is 5.86. The SMILES string of the molecule is CC(C)Oc1cccc(-c2cc(C(=O)N3CCc4ccccc43)c3ccccc3n2)c1. The van der Waals surface area contributed by atoms with Crippen molar-refractivity contribution in [1.29, 1.82) is 0 Å². The number of para-hydroxylation sites is 2. The van der Waals surface area contributed by atoms with Gasteiger partial charge < -0.3 is 9.64 Å². The first-order valence-corrected chi connectivity index (χ1v) is 10.7. The largest absolute Gasteiger partial charge is 0.491 e. The van der Waals surface area contributed by atoms with Crippen LogP contribution in [0.25, 0.3) is 22.2 Å². The molecule has 0 spiro atoms. The van der Waals surface area contributed by atoms with Gasteiger partial charge in [-0.2, -0.15) is 0 Å². The van der Waals surface area contributed by atoms with E-state index < -0.39 is 0 Å². The van der Waals surface area contributed by atoms with E-state index in [1.807, 2.05) is 91.5 Å². The number of amides is 1. The molecule has 0 bridgehead atoms. The molecule has 154 valence electrons. The number of carbonyl (C=O) groups is 1. The van der Waals surface area contributed by atoms with Gasteiger partial charge in [0.05, 0.1) is 22.9 Å². The first-order valence-electron chi connectivity index (χ1n) is 10.7. The van der Waals surface area contributed by atoms with Crippen LogP contribution < -0.4 is 9.64 Å². The molecule has 4 heteroatoms. The van der Waals surface area contributed by atoms with E-state index in [1.165, 1.54) is 5.56 Å². The van der Waals surface area contributed by atoms with Crippen molar-refractivity contribution in [1.82, 2.24) is 4.98 Å². The third-order valence-electron chi connectivity index (χ3n) is 5.58. The molecule has 4 aromatic rings. The Morgan fingerprint density at radius 2 is 1.77 bits per heavy atom. The number of rotatable bonds is 4. The molecule has 0 atom stereocenters. The number of fused-ring (bicyclic) bond motifs is 2. The van der Waals surface area contributed by atoms with Gasteiger partial charge in [-0.1, -0.05) is 48.5 Å². The van der Waals surface area contributed by atoms with E-state index in [4.69, 9.17) is 9.72 Å². The molecule has 5 rings (SSSR count). The molecular formula is C27H24N2O2.